The van der Waals surface area contributed by atoms with E-state index < -0.39 is 28.8 Å². The zero-order chi connectivity index (χ0) is 16.0. The molecule has 1 aliphatic carbocycles. The van der Waals surface area contributed by atoms with E-state index in [1.807, 2.05) is 0 Å². The second-order valence-electron chi connectivity index (χ2n) is 4.74. The number of benzene rings is 2. The number of hydrogen-bond donors (Lipinski definition) is 2. The summed E-state index contributed by atoms with van der Waals surface area (Å²) in [5.41, 5.74) is -0.351. The first-order valence-electron chi connectivity index (χ1n) is 6.33. The minimum Gasteiger partial charge on any atom is -0.507 e. The van der Waals surface area contributed by atoms with E-state index in [0.29, 0.717) is 0 Å². The van der Waals surface area contributed by atoms with E-state index in [2.05, 4.69) is 0 Å². The summed E-state index contributed by atoms with van der Waals surface area (Å²) < 4.78 is 5.01. The maximum absolute atomic E-state index is 12.6. The fourth-order valence-electron chi connectivity index (χ4n) is 2.62. The van der Waals surface area contributed by atoms with E-state index in [1.165, 1.54) is 19.2 Å². The van der Waals surface area contributed by atoms with Crippen molar-refractivity contribution < 1.29 is 29.3 Å². The molecule has 0 aromatic heterocycles. The molecule has 0 heterocycles. The molecule has 0 atom stereocenters. The molecule has 0 radical (unpaired) electrons. The van der Waals surface area contributed by atoms with Crippen LogP contribution in [0.4, 0.5) is 0 Å². The summed E-state index contributed by atoms with van der Waals surface area (Å²) in [6, 6.07) is 7.23. The van der Waals surface area contributed by atoms with Crippen molar-refractivity contribution in [1.29, 1.82) is 0 Å². The summed E-state index contributed by atoms with van der Waals surface area (Å²) in [5, 5.41) is 19.1. The number of ether oxygens (including phenoxy) is 1. The molecule has 110 valence electrons. The summed E-state index contributed by atoms with van der Waals surface area (Å²) in [7, 11) is 1.18. The average molecular weight is 298 g/mol. The first-order chi connectivity index (χ1) is 10.5. The molecule has 0 aliphatic heterocycles. The van der Waals surface area contributed by atoms with Crippen LogP contribution in [0.15, 0.2) is 30.3 Å². The van der Waals surface area contributed by atoms with Crippen LogP contribution in [-0.4, -0.2) is 34.9 Å². The topological polar surface area (TPSA) is 101 Å². The van der Waals surface area contributed by atoms with Crippen molar-refractivity contribution in [3.63, 3.8) is 0 Å². The monoisotopic (exact) mass is 298 g/mol. The number of carbonyl (C=O) groups excluding carboxylic acids is 2. The van der Waals surface area contributed by atoms with Crippen LogP contribution in [-0.2, 0) is 0 Å². The highest BCUT2D eigenvalue weighted by Gasteiger charge is 2.36. The summed E-state index contributed by atoms with van der Waals surface area (Å²) in [6.45, 7) is 0. The van der Waals surface area contributed by atoms with Crippen molar-refractivity contribution >= 4 is 17.5 Å². The molecule has 0 bridgehead atoms. The summed E-state index contributed by atoms with van der Waals surface area (Å²) in [4.78, 5) is 36.4. The third-order valence-electron chi connectivity index (χ3n) is 3.57. The van der Waals surface area contributed by atoms with E-state index >= 15 is 0 Å². The number of aromatic carboxylic acids is 1. The van der Waals surface area contributed by atoms with Gasteiger partial charge in [-0.25, -0.2) is 4.79 Å². The molecule has 3 rings (SSSR count). The molecule has 6 heteroatoms. The number of carboxylic acid groups (broad SMARTS) is 1. The predicted octanol–water partition coefficient (Wildman–Crippen LogP) is 1.87. The number of phenols is 1. The van der Waals surface area contributed by atoms with Crippen LogP contribution in [0.1, 0.15) is 42.2 Å². The number of carboxylic acids is 1. The van der Waals surface area contributed by atoms with Gasteiger partial charge in [-0.1, -0.05) is 24.3 Å². The molecule has 1 aliphatic rings. The molecule has 2 aromatic carbocycles. The second kappa shape index (κ2) is 4.70. The summed E-state index contributed by atoms with van der Waals surface area (Å²) >= 11 is 0. The number of hydrogen-bond acceptors (Lipinski definition) is 5. The molecule has 0 saturated heterocycles. The Hall–Kier alpha value is -3.15. The highest BCUT2D eigenvalue weighted by molar-refractivity contribution is 6.30. The Morgan fingerprint density at radius 1 is 1.05 bits per heavy atom. The van der Waals surface area contributed by atoms with Gasteiger partial charge in [0.2, 0.25) is 0 Å². The standard InChI is InChI=1S/C16H10O6/c1-22-15-11-9(6-10(17)12(15)16(20)21)13(18)7-4-2-3-5-8(7)14(11)19/h2-6,17H,1H3,(H,20,21). The maximum atomic E-state index is 12.6. The first-order valence-corrected chi connectivity index (χ1v) is 6.33. The van der Waals surface area contributed by atoms with Crippen LogP contribution in [0.3, 0.4) is 0 Å². The largest absolute Gasteiger partial charge is 0.507 e. The van der Waals surface area contributed by atoms with Crippen molar-refractivity contribution in [3.05, 3.63) is 58.1 Å². The molecule has 0 saturated carbocycles. The van der Waals surface area contributed by atoms with Crippen LogP contribution in [0.5, 0.6) is 11.5 Å². The Balaban J connectivity index is 2.41. The Labute approximate surface area is 124 Å². The second-order valence-corrected chi connectivity index (χ2v) is 4.74. The Kier molecular flexibility index (Phi) is 2.95. The Morgan fingerprint density at radius 3 is 2.18 bits per heavy atom. The number of carbonyl (C=O) groups is 3. The molecule has 2 N–H and O–H groups in total. The van der Waals surface area contributed by atoms with Crippen LogP contribution in [0, 0.1) is 0 Å². The number of fused-ring (bicyclic) bond motifs is 2. The molecule has 0 fully saturated rings. The third kappa shape index (κ3) is 1.70. The third-order valence-corrected chi connectivity index (χ3v) is 3.57. The van der Waals surface area contributed by atoms with Crippen LogP contribution in [0.25, 0.3) is 0 Å². The lowest BCUT2D eigenvalue weighted by Crippen LogP contribution is -2.23. The average Bonchev–Trinajstić information content (AvgIpc) is 2.50. The Morgan fingerprint density at radius 2 is 1.64 bits per heavy atom. The van der Waals surface area contributed by atoms with E-state index in [9.17, 15) is 24.6 Å². The number of ketones is 2. The highest BCUT2D eigenvalue weighted by atomic mass is 16.5. The van der Waals surface area contributed by atoms with Gasteiger partial charge in [0, 0.05) is 16.7 Å². The molecular formula is C16H10O6. The quantitative estimate of drug-likeness (QED) is 0.749. The fourth-order valence-corrected chi connectivity index (χ4v) is 2.62. The normalized spacial score (nSPS) is 12.6. The van der Waals surface area contributed by atoms with E-state index in [-0.39, 0.29) is 28.0 Å². The van der Waals surface area contributed by atoms with Crippen molar-refractivity contribution in [2.45, 2.75) is 0 Å². The molecule has 0 amide bonds. The molecule has 0 spiro atoms. The van der Waals surface area contributed by atoms with Crippen molar-refractivity contribution in [1.82, 2.24) is 0 Å². The lowest BCUT2D eigenvalue weighted by molar-refractivity contribution is 0.0689. The molecule has 22 heavy (non-hydrogen) atoms. The van der Waals surface area contributed by atoms with Gasteiger partial charge in [0.25, 0.3) is 0 Å². The van der Waals surface area contributed by atoms with Gasteiger partial charge < -0.3 is 14.9 Å². The molecule has 6 nitrogen and oxygen atoms in total. The highest BCUT2D eigenvalue weighted by Crippen LogP contribution is 2.39. The lowest BCUT2D eigenvalue weighted by atomic mass is 9.82. The van der Waals surface area contributed by atoms with E-state index in [1.54, 1.807) is 12.1 Å². The first kappa shape index (κ1) is 13.8. The van der Waals surface area contributed by atoms with Gasteiger partial charge >= 0.3 is 5.97 Å². The van der Waals surface area contributed by atoms with Gasteiger partial charge in [-0.15, -0.1) is 0 Å². The van der Waals surface area contributed by atoms with Gasteiger partial charge in [0.15, 0.2) is 11.6 Å². The van der Waals surface area contributed by atoms with Crippen LogP contribution in [0.2, 0.25) is 0 Å². The van der Waals surface area contributed by atoms with Gasteiger partial charge in [-0.05, 0) is 6.07 Å². The van der Waals surface area contributed by atoms with Crippen molar-refractivity contribution in [2.24, 2.45) is 0 Å². The van der Waals surface area contributed by atoms with E-state index in [4.69, 9.17) is 4.74 Å². The fraction of sp³-hybridized carbons (Fsp3) is 0.0625. The van der Waals surface area contributed by atoms with Gasteiger partial charge in [0.05, 0.1) is 12.7 Å². The van der Waals surface area contributed by atoms with Crippen molar-refractivity contribution in [2.75, 3.05) is 7.11 Å². The molecular weight excluding hydrogens is 288 g/mol. The van der Waals surface area contributed by atoms with Gasteiger partial charge in [-0.3, -0.25) is 9.59 Å². The minimum absolute atomic E-state index is 0.0666. The zero-order valence-corrected chi connectivity index (χ0v) is 11.4. The smallest absolute Gasteiger partial charge is 0.343 e. The number of methoxy groups -OCH3 is 1. The van der Waals surface area contributed by atoms with E-state index in [0.717, 1.165) is 6.07 Å². The van der Waals surface area contributed by atoms with Crippen molar-refractivity contribution in [3.8, 4) is 11.5 Å². The van der Waals surface area contributed by atoms with Gasteiger partial charge in [-0.2, -0.15) is 0 Å². The van der Waals surface area contributed by atoms with Gasteiger partial charge in [0.1, 0.15) is 17.1 Å². The maximum Gasteiger partial charge on any atom is 0.343 e. The predicted molar refractivity (Wildman–Crippen MR) is 74.9 cm³/mol. The Bertz CT molecular complexity index is 850. The number of rotatable bonds is 2. The van der Waals surface area contributed by atoms with Crippen LogP contribution < -0.4 is 4.74 Å². The summed E-state index contributed by atoms with van der Waals surface area (Å²) in [6.07, 6.45) is 0. The molecule has 2 aromatic rings. The minimum atomic E-state index is -1.45. The molecule has 0 unspecified atom stereocenters. The summed E-state index contributed by atoms with van der Waals surface area (Å²) in [5.74, 6) is -3.35. The number of aromatic hydroxyl groups is 1. The lowest BCUT2D eigenvalue weighted by Gasteiger charge is -2.21. The zero-order valence-electron chi connectivity index (χ0n) is 11.4. The SMILES string of the molecule is COc1c(C(=O)O)c(O)cc2c1C(=O)c1ccccc1C2=O. The van der Waals surface area contributed by atoms with Crippen LogP contribution >= 0.6 is 0 Å².